The van der Waals surface area contributed by atoms with Gasteiger partial charge in [0, 0.05) is 49.1 Å². The van der Waals surface area contributed by atoms with Crippen LogP contribution in [-0.4, -0.2) is 4.57 Å². The Bertz CT molecular complexity index is 3830. The molecule has 3 aromatic heterocycles. The number of benzene rings is 9. The molecule has 0 unspecified atom stereocenters. The highest BCUT2D eigenvalue weighted by Gasteiger charge is 2.20. The van der Waals surface area contributed by atoms with Crippen molar-refractivity contribution in [2.24, 2.45) is 0 Å². The first-order valence-corrected chi connectivity index (χ1v) is 21.9. The van der Waals surface area contributed by atoms with Gasteiger partial charge in [-0.1, -0.05) is 119 Å². The van der Waals surface area contributed by atoms with Crippen LogP contribution in [0.25, 0.3) is 105 Å². The molecule has 9 aromatic carbocycles. The molecule has 12 aromatic rings. The first kappa shape index (κ1) is 37.2. The Morgan fingerprint density at radius 2 is 1.05 bits per heavy atom. The number of aryl methyl sites for hydroxylation is 5. The summed E-state index contributed by atoms with van der Waals surface area (Å²) in [6.45, 7) is 10.8. The fourth-order valence-electron chi connectivity index (χ4n) is 10.1. The Kier molecular flexibility index (Phi) is 8.39. The third-order valence-electron chi connectivity index (χ3n) is 13.0. The highest BCUT2D eigenvalue weighted by molar-refractivity contribution is 6.14. The Labute approximate surface area is 366 Å². The third-order valence-corrected chi connectivity index (χ3v) is 13.0. The summed E-state index contributed by atoms with van der Waals surface area (Å²) >= 11 is 0. The second kappa shape index (κ2) is 14.2. The third kappa shape index (κ3) is 6.18. The predicted molar refractivity (Wildman–Crippen MR) is 265 cm³/mol. The van der Waals surface area contributed by atoms with Crippen LogP contribution in [-0.2, 0) is 6.42 Å². The highest BCUT2D eigenvalue weighted by atomic mass is 16.3. The van der Waals surface area contributed by atoms with Gasteiger partial charge in [0.05, 0.1) is 11.0 Å². The van der Waals surface area contributed by atoms with Gasteiger partial charge in [0.2, 0.25) is 0 Å². The van der Waals surface area contributed by atoms with Crippen LogP contribution in [0, 0.1) is 34.6 Å². The van der Waals surface area contributed by atoms with E-state index in [-0.39, 0.29) is 0 Å². The van der Waals surface area contributed by atoms with E-state index in [9.17, 15) is 0 Å². The number of furan rings is 2. The zero-order valence-electron chi connectivity index (χ0n) is 36.1. The van der Waals surface area contributed by atoms with Crippen molar-refractivity contribution in [3.8, 4) is 39.1 Å². The van der Waals surface area contributed by atoms with E-state index in [0.29, 0.717) is 0 Å². The molecule has 0 fully saturated rings. The molecule has 0 aliphatic rings. The molecule has 63 heavy (non-hydrogen) atoms. The second-order valence-electron chi connectivity index (χ2n) is 17.8. The zero-order valence-corrected chi connectivity index (χ0v) is 36.1. The van der Waals surface area contributed by atoms with Crippen LogP contribution in [0.3, 0.4) is 0 Å². The van der Waals surface area contributed by atoms with Crippen LogP contribution < -0.4 is 0 Å². The molecule has 3 heteroatoms. The Hall–Kier alpha value is -7.62. The van der Waals surface area contributed by atoms with E-state index in [1.54, 1.807) is 0 Å². The molecule has 0 atom stereocenters. The minimum Gasteiger partial charge on any atom is -0.455 e. The van der Waals surface area contributed by atoms with Crippen molar-refractivity contribution in [2.75, 3.05) is 0 Å². The maximum atomic E-state index is 6.92. The monoisotopic (exact) mass is 811 g/mol. The molecular formula is C60H45NO2. The summed E-state index contributed by atoms with van der Waals surface area (Å²) in [5.74, 6) is 0. The maximum Gasteiger partial charge on any atom is 0.143 e. The van der Waals surface area contributed by atoms with Gasteiger partial charge in [0.25, 0.3) is 0 Å². The van der Waals surface area contributed by atoms with Crippen molar-refractivity contribution in [1.82, 2.24) is 4.57 Å². The summed E-state index contributed by atoms with van der Waals surface area (Å²) in [5.41, 5.74) is 22.6. The first-order chi connectivity index (χ1) is 30.7. The number of rotatable bonds is 6. The van der Waals surface area contributed by atoms with Gasteiger partial charge in [-0.15, -0.1) is 0 Å². The minimum atomic E-state index is 0.766. The SMILES string of the molecule is Cc1cccc(-c2cc(-c3cc(C)cc(-c4ccc(Cc5cccc(-n6c7ccccc7c7cc(C)ccc76)c5)c5c4oc4ccc(C)cc45)c3)cc3c2oc2ccc(C)cc23)c1. The molecule has 0 saturated carbocycles. The van der Waals surface area contributed by atoms with Gasteiger partial charge >= 0.3 is 0 Å². The van der Waals surface area contributed by atoms with Gasteiger partial charge in [0.1, 0.15) is 22.3 Å². The smallest absolute Gasteiger partial charge is 0.143 e. The van der Waals surface area contributed by atoms with Crippen LogP contribution in [0.15, 0.2) is 179 Å². The van der Waals surface area contributed by atoms with E-state index in [1.807, 2.05) is 0 Å². The zero-order chi connectivity index (χ0) is 42.5. The molecule has 12 rings (SSSR count). The number of aromatic nitrogens is 1. The molecule has 0 spiro atoms. The molecule has 0 aliphatic carbocycles. The Morgan fingerprint density at radius 3 is 1.89 bits per heavy atom. The normalized spacial score (nSPS) is 12.0. The van der Waals surface area contributed by atoms with Crippen molar-refractivity contribution in [3.05, 3.63) is 209 Å². The number of hydrogen-bond donors (Lipinski definition) is 0. The topological polar surface area (TPSA) is 31.2 Å². The van der Waals surface area contributed by atoms with Crippen molar-refractivity contribution in [3.63, 3.8) is 0 Å². The average Bonchev–Trinajstić information content (AvgIpc) is 3.95. The lowest BCUT2D eigenvalue weighted by Crippen LogP contribution is -1.97. The Morgan fingerprint density at radius 1 is 0.381 bits per heavy atom. The quantitative estimate of drug-likeness (QED) is 0.167. The van der Waals surface area contributed by atoms with E-state index in [0.717, 1.165) is 84.0 Å². The molecule has 3 heterocycles. The van der Waals surface area contributed by atoms with E-state index in [2.05, 4.69) is 209 Å². The average molecular weight is 812 g/mol. The summed E-state index contributed by atoms with van der Waals surface area (Å²) in [6.07, 6.45) is 0.766. The van der Waals surface area contributed by atoms with Crippen LogP contribution in [0.5, 0.6) is 0 Å². The second-order valence-corrected chi connectivity index (χ2v) is 17.8. The van der Waals surface area contributed by atoms with Crippen molar-refractivity contribution < 1.29 is 8.83 Å². The molecule has 0 saturated heterocycles. The van der Waals surface area contributed by atoms with E-state index in [4.69, 9.17) is 8.83 Å². The summed E-state index contributed by atoms with van der Waals surface area (Å²) in [6, 6.07) is 62.5. The summed E-state index contributed by atoms with van der Waals surface area (Å²) in [4.78, 5) is 0. The standard InChI is InChI=1S/C60H45NO2/c1-35-10-8-12-41(24-35)49-33-44(34-52-51-28-37(3)17-22-56(51)62-59(49)52)43-25-39(5)26-45(32-43)47-20-19-42(58-53-29-38(4)18-23-57(53)63-60(47)58)30-40-11-9-13-46(31-40)61-54-15-7-6-14-48(54)50-27-36(2)16-21-55(50)61/h6-29,31-34H,30H2,1-5H3. The van der Waals surface area contributed by atoms with Gasteiger partial charge < -0.3 is 13.4 Å². The number of hydrogen-bond acceptors (Lipinski definition) is 2. The van der Waals surface area contributed by atoms with Crippen molar-refractivity contribution >= 4 is 65.7 Å². The number of fused-ring (bicyclic) bond motifs is 9. The summed E-state index contributed by atoms with van der Waals surface area (Å²) < 4.78 is 16.0. The predicted octanol–water partition coefficient (Wildman–Crippen LogP) is 16.7. The van der Waals surface area contributed by atoms with Gasteiger partial charge in [0.15, 0.2) is 0 Å². The van der Waals surface area contributed by atoms with Gasteiger partial charge in [-0.25, -0.2) is 0 Å². The maximum absolute atomic E-state index is 6.92. The lowest BCUT2D eigenvalue weighted by Gasteiger charge is -2.13. The molecule has 0 bridgehead atoms. The summed E-state index contributed by atoms with van der Waals surface area (Å²) in [5, 5.41) is 7.15. The van der Waals surface area contributed by atoms with Crippen molar-refractivity contribution in [2.45, 2.75) is 41.0 Å². The van der Waals surface area contributed by atoms with Crippen LogP contribution >= 0.6 is 0 Å². The molecule has 302 valence electrons. The van der Waals surface area contributed by atoms with Crippen LogP contribution in [0.4, 0.5) is 0 Å². The fourth-order valence-corrected chi connectivity index (χ4v) is 10.1. The fraction of sp³-hybridized carbons (Fsp3) is 0.100. The van der Waals surface area contributed by atoms with Gasteiger partial charge in [-0.3, -0.25) is 0 Å². The van der Waals surface area contributed by atoms with Crippen molar-refractivity contribution in [1.29, 1.82) is 0 Å². The molecule has 0 N–H and O–H groups in total. The largest absolute Gasteiger partial charge is 0.455 e. The molecule has 0 radical (unpaired) electrons. The molecule has 3 nitrogen and oxygen atoms in total. The van der Waals surface area contributed by atoms with E-state index < -0.39 is 0 Å². The first-order valence-electron chi connectivity index (χ1n) is 21.9. The number of para-hydroxylation sites is 1. The van der Waals surface area contributed by atoms with E-state index >= 15 is 0 Å². The molecule has 0 amide bonds. The van der Waals surface area contributed by atoms with Gasteiger partial charge in [-0.2, -0.15) is 0 Å². The van der Waals surface area contributed by atoms with Crippen LogP contribution in [0.2, 0.25) is 0 Å². The lowest BCUT2D eigenvalue weighted by molar-refractivity contribution is 0.669. The Balaban J connectivity index is 1.01. The molecule has 0 aliphatic heterocycles. The summed E-state index contributed by atoms with van der Waals surface area (Å²) in [7, 11) is 0. The minimum absolute atomic E-state index is 0.766. The van der Waals surface area contributed by atoms with Gasteiger partial charge in [-0.05, 0) is 153 Å². The number of nitrogens with zero attached hydrogens (tertiary/aromatic N) is 1. The highest BCUT2D eigenvalue weighted by Crippen LogP contribution is 2.44. The molecular weight excluding hydrogens is 767 g/mol. The van der Waals surface area contributed by atoms with E-state index in [1.165, 1.54) is 66.1 Å². The lowest BCUT2D eigenvalue weighted by atomic mass is 9.90. The van der Waals surface area contributed by atoms with Crippen LogP contribution in [0.1, 0.15) is 38.9 Å².